The first-order chi connectivity index (χ1) is 12.3. The molecular formula is C20H28ClN3O2. The summed E-state index contributed by atoms with van der Waals surface area (Å²) in [5.41, 5.74) is 1.30. The minimum absolute atomic E-state index is 0.248. The lowest BCUT2D eigenvalue weighted by molar-refractivity contribution is -0.133. The number of carbonyl (C=O) groups is 1. The first-order valence-electron chi connectivity index (χ1n) is 9.43. The molecule has 1 aromatic heterocycles. The third kappa shape index (κ3) is 3.60. The number of amides is 1. The fourth-order valence-corrected chi connectivity index (χ4v) is 4.37. The molecule has 1 amide bonds. The van der Waals surface area contributed by atoms with Crippen molar-refractivity contribution < 1.29 is 9.90 Å². The van der Waals surface area contributed by atoms with Crippen molar-refractivity contribution in [2.24, 2.45) is 11.3 Å². The molecule has 2 heterocycles. The summed E-state index contributed by atoms with van der Waals surface area (Å²) in [4.78, 5) is 14.1. The normalized spacial score (nSPS) is 17.7. The van der Waals surface area contributed by atoms with Crippen LogP contribution < -0.4 is 0 Å². The Balaban J connectivity index is 1.77. The summed E-state index contributed by atoms with van der Waals surface area (Å²) in [6.07, 6.45) is 4.39. The molecule has 1 unspecified atom stereocenters. The van der Waals surface area contributed by atoms with Crippen molar-refractivity contribution in [3.05, 3.63) is 28.9 Å². The van der Waals surface area contributed by atoms with Crippen LogP contribution in [0.15, 0.2) is 18.3 Å². The first-order valence-corrected chi connectivity index (χ1v) is 9.80. The number of H-pyrrole nitrogens is 1. The largest absolute Gasteiger partial charge is 0.388 e. The fraction of sp³-hybridized carbons (Fsp3) is 0.600. The van der Waals surface area contributed by atoms with Gasteiger partial charge < -0.3 is 10.0 Å². The molecule has 1 aliphatic heterocycles. The summed E-state index contributed by atoms with van der Waals surface area (Å²) in [5.74, 6) is 0.582. The molecule has 26 heavy (non-hydrogen) atoms. The molecule has 0 radical (unpaired) electrons. The van der Waals surface area contributed by atoms with Crippen LogP contribution >= 0.6 is 11.6 Å². The Kier molecular flexibility index (Phi) is 5.58. The molecule has 1 aliphatic rings. The Bertz CT molecular complexity index is 778. The molecule has 2 aromatic rings. The maximum atomic E-state index is 12.1. The van der Waals surface area contributed by atoms with Crippen molar-refractivity contribution >= 4 is 28.4 Å². The van der Waals surface area contributed by atoms with Crippen LogP contribution in [0, 0.1) is 11.3 Å². The molecule has 1 aromatic carbocycles. The Labute approximate surface area is 159 Å². The highest BCUT2D eigenvalue weighted by Gasteiger charge is 2.40. The number of nitrogens with zero attached hydrogens (tertiary/aromatic N) is 2. The molecule has 1 fully saturated rings. The van der Waals surface area contributed by atoms with E-state index in [4.69, 9.17) is 11.6 Å². The van der Waals surface area contributed by atoms with Crippen LogP contribution in [0.5, 0.6) is 0 Å². The van der Waals surface area contributed by atoms with E-state index < -0.39 is 6.10 Å². The average molecular weight is 378 g/mol. The molecule has 0 saturated carbocycles. The van der Waals surface area contributed by atoms with Gasteiger partial charge in [0.25, 0.3) is 0 Å². The van der Waals surface area contributed by atoms with Crippen LogP contribution in [0.25, 0.3) is 10.9 Å². The third-order valence-electron chi connectivity index (χ3n) is 5.91. The number of nitrogens with one attached hydrogen (secondary N) is 1. The Morgan fingerprint density at radius 2 is 2.12 bits per heavy atom. The molecule has 142 valence electrons. The van der Waals surface area contributed by atoms with E-state index in [9.17, 15) is 9.90 Å². The zero-order chi connectivity index (χ0) is 18.9. The van der Waals surface area contributed by atoms with E-state index in [0.717, 1.165) is 48.8 Å². The topological polar surface area (TPSA) is 69.2 Å². The van der Waals surface area contributed by atoms with Crippen LogP contribution in [0.3, 0.4) is 0 Å². The minimum atomic E-state index is -0.660. The summed E-state index contributed by atoms with van der Waals surface area (Å²) < 4.78 is 0. The molecule has 0 bridgehead atoms. The van der Waals surface area contributed by atoms with Gasteiger partial charge in [-0.2, -0.15) is 5.10 Å². The van der Waals surface area contributed by atoms with Gasteiger partial charge >= 0.3 is 0 Å². The monoisotopic (exact) mass is 377 g/mol. The molecule has 6 heteroatoms. The summed E-state index contributed by atoms with van der Waals surface area (Å²) >= 11 is 6.25. The van der Waals surface area contributed by atoms with E-state index >= 15 is 0 Å². The van der Waals surface area contributed by atoms with Crippen molar-refractivity contribution in [2.75, 3.05) is 13.1 Å². The number of rotatable bonds is 5. The van der Waals surface area contributed by atoms with E-state index in [2.05, 4.69) is 24.0 Å². The number of fused-ring (bicyclic) bond motifs is 1. The number of likely N-dealkylation sites (tertiary alicyclic amines) is 1. The first kappa shape index (κ1) is 19.2. The van der Waals surface area contributed by atoms with Gasteiger partial charge in [0.05, 0.1) is 17.8 Å². The van der Waals surface area contributed by atoms with E-state index in [1.807, 2.05) is 24.0 Å². The van der Waals surface area contributed by atoms with Crippen molar-refractivity contribution in [2.45, 2.75) is 52.6 Å². The lowest BCUT2D eigenvalue weighted by atomic mass is 9.68. The average Bonchev–Trinajstić information content (AvgIpc) is 3.09. The number of hydrogen-bond donors (Lipinski definition) is 2. The van der Waals surface area contributed by atoms with Crippen LogP contribution in [0.2, 0.25) is 5.02 Å². The van der Waals surface area contributed by atoms with Gasteiger partial charge in [-0.3, -0.25) is 9.89 Å². The summed E-state index contributed by atoms with van der Waals surface area (Å²) in [6, 6.07) is 3.68. The van der Waals surface area contributed by atoms with Crippen molar-refractivity contribution in [1.29, 1.82) is 0 Å². The standard InChI is InChI=1S/C20H28ClN3O2/c1-4-5-17(25)24-8-6-14(7-9-24)20(2,3)19(26)16-11-15(21)10-13-12-22-23-18(13)16/h10-12,14,19,26H,4-9H2,1-3H3,(H,22,23). The van der Waals surface area contributed by atoms with E-state index in [1.165, 1.54) is 0 Å². The second kappa shape index (κ2) is 7.57. The second-order valence-corrected chi connectivity index (χ2v) is 8.39. The highest BCUT2D eigenvalue weighted by molar-refractivity contribution is 6.31. The Hall–Kier alpha value is -1.59. The lowest BCUT2D eigenvalue weighted by Gasteiger charge is -2.43. The van der Waals surface area contributed by atoms with Gasteiger partial charge in [0, 0.05) is 35.5 Å². The molecule has 0 spiro atoms. The molecule has 1 saturated heterocycles. The molecule has 5 nitrogen and oxygen atoms in total. The van der Waals surface area contributed by atoms with Gasteiger partial charge in [-0.15, -0.1) is 0 Å². The van der Waals surface area contributed by atoms with Gasteiger partial charge in [-0.05, 0) is 42.7 Å². The van der Waals surface area contributed by atoms with E-state index in [-0.39, 0.29) is 11.3 Å². The van der Waals surface area contributed by atoms with E-state index in [0.29, 0.717) is 17.4 Å². The van der Waals surface area contributed by atoms with Crippen molar-refractivity contribution in [3.63, 3.8) is 0 Å². The summed E-state index contributed by atoms with van der Waals surface area (Å²) in [5, 5.41) is 19.8. The highest BCUT2D eigenvalue weighted by atomic mass is 35.5. The van der Waals surface area contributed by atoms with Crippen molar-refractivity contribution in [1.82, 2.24) is 15.1 Å². The number of piperidine rings is 1. The molecular weight excluding hydrogens is 350 g/mol. The number of aromatic amines is 1. The predicted octanol–water partition coefficient (Wildman–Crippen LogP) is 4.31. The zero-order valence-electron chi connectivity index (χ0n) is 15.8. The van der Waals surface area contributed by atoms with Crippen LogP contribution in [0.1, 0.15) is 58.1 Å². The number of aromatic nitrogens is 2. The predicted molar refractivity (Wildman–Crippen MR) is 104 cm³/mol. The number of aliphatic hydroxyl groups is 1. The molecule has 1 atom stereocenters. The van der Waals surface area contributed by atoms with Gasteiger partial charge in [0.2, 0.25) is 5.91 Å². The third-order valence-corrected chi connectivity index (χ3v) is 6.13. The Morgan fingerprint density at radius 3 is 2.77 bits per heavy atom. The number of halogens is 1. The number of aliphatic hydroxyl groups excluding tert-OH is 1. The smallest absolute Gasteiger partial charge is 0.222 e. The number of hydrogen-bond acceptors (Lipinski definition) is 3. The fourth-order valence-electron chi connectivity index (χ4n) is 4.13. The molecule has 3 rings (SSSR count). The van der Waals surface area contributed by atoms with Crippen LogP contribution in [-0.2, 0) is 4.79 Å². The van der Waals surface area contributed by atoms with Gasteiger partial charge in [-0.25, -0.2) is 0 Å². The van der Waals surface area contributed by atoms with Crippen LogP contribution in [-0.4, -0.2) is 39.2 Å². The highest BCUT2D eigenvalue weighted by Crippen LogP contribution is 2.46. The SMILES string of the molecule is CCCC(=O)N1CCC(C(C)(C)C(O)c2cc(Cl)cc3cn[nH]c23)CC1. The maximum absolute atomic E-state index is 12.1. The molecule has 0 aliphatic carbocycles. The quantitative estimate of drug-likeness (QED) is 0.815. The maximum Gasteiger partial charge on any atom is 0.222 e. The van der Waals surface area contributed by atoms with Gasteiger partial charge in [0.15, 0.2) is 0 Å². The lowest BCUT2D eigenvalue weighted by Crippen LogP contribution is -2.43. The summed E-state index contributed by atoms with van der Waals surface area (Å²) in [6.45, 7) is 7.79. The van der Waals surface area contributed by atoms with Gasteiger partial charge in [-0.1, -0.05) is 32.4 Å². The number of carbonyl (C=O) groups excluding carboxylic acids is 1. The summed E-state index contributed by atoms with van der Waals surface area (Å²) in [7, 11) is 0. The minimum Gasteiger partial charge on any atom is -0.388 e. The zero-order valence-corrected chi connectivity index (χ0v) is 16.5. The molecule has 2 N–H and O–H groups in total. The Morgan fingerprint density at radius 1 is 1.42 bits per heavy atom. The number of benzene rings is 1. The van der Waals surface area contributed by atoms with E-state index in [1.54, 1.807) is 6.20 Å². The van der Waals surface area contributed by atoms with Gasteiger partial charge in [0.1, 0.15) is 0 Å². The van der Waals surface area contributed by atoms with Crippen molar-refractivity contribution in [3.8, 4) is 0 Å². The second-order valence-electron chi connectivity index (χ2n) is 7.96. The van der Waals surface area contributed by atoms with Crippen LogP contribution in [0.4, 0.5) is 0 Å².